The fraction of sp³-hybridized carbons (Fsp3) is 0.276. The number of aromatic nitrogens is 2. The highest BCUT2D eigenvalue weighted by atomic mass is 16.5. The number of nitrogens with one attached hydrogen (secondary N) is 1. The maximum absolute atomic E-state index is 13.1. The number of aryl methyl sites for hydroxylation is 1. The molecule has 0 spiro atoms. The number of hydrogen-bond donors (Lipinski definition) is 1. The van der Waals surface area contributed by atoms with Crippen LogP contribution in [0.4, 0.5) is 0 Å². The van der Waals surface area contributed by atoms with E-state index in [1.165, 1.54) is 4.68 Å². The Balaban J connectivity index is 1.49. The molecule has 1 N–H and O–H groups in total. The van der Waals surface area contributed by atoms with Crippen molar-refractivity contribution in [2.45, 2.75) is 33.7 Å². The van der Waals surface area contributed by atoms with Crippen molar-refractivity contribution in [3.63, 3.8) is 0 Å². The fourth-order valence-electron chi connectivity index (χ4n) is 4.06. The second kappa shape index (κ2) is 11.5. The molecule has 0 saturated carbocycles. The van der Waals surface area contributed by atoms with Crippen LogP contribution in [0.5, 0.6) is 11.5 Å². The summed E-state index contributed by atoms with van der Waals surface area (Å²) < 4.78 is 12.5. The summed E-state index contributed by atoms with van der Waals surface area (Å²) in [5.41, 5.74) is 3.44. The van der Waals surface area contributed by atoms with Gasteiger partial charge in [-0.25, -0.2) is 4.68 Å². The van der Waals surface area contributed by atoms with E-state index in [4.69, 9.17) is 9.47 Å². The summed E-state index contributed by atoms with van der Waals surface area (Å²) >= 11 is 0. The Morgan fingerprint density at radius 1 is 0.917 bits per heavy atom. The Morgan fingerprint density at radius 3 is 2.33 bits per heavy atom. The van der Waals surface area contributed by atoms with Gasteiger partial charge in [0.2, 0.25) is 5.91 Å². The lowest BCUT2D eigenvalue weighted by Crippen LogP contribution is -2.35. The van der Waals surface area contributed by atoms with Gasteiger partial charge in [-0.1, -0.05) is 54.1 Å². The summed E-state index contributed by atoms with van der Waals surface area (Å²) in [4.78, 5) is 25.8. The van der Waals surface area contributed by atoms with Crippen LogP contribution in [0.3, 0.4) is 0 Å². The molecule has 0 aliphatic carbocycles. The summed E-state index contributed by atoms with van der Waals surface area (Å²) in [6.07, 6.45) is 0.618. The molecule has 0 aliphatic heterocycles. The molecule has 7 heteroatoms. The number of carbonyl (C=O) groups is 1. The van der Waals surface area contributed by atoms with E-state index in [1.807, 2.05) is 81.4 Å². The molecule has 36 heavy (non-hydrogen) atoms. The molecule has 1 heterocycles. The highest BCUT2D eigenvalue weighted by molar-refractivity contribution is 5.93. The molecule has 3 aromatic carbocycles. The number of benzene rings is 3. The number of fused-ring (bicyclic) bond motifs is 1. The van der Waals surface area contributed by atoms with Gasteiger partial charge in [0.25, 0.3) is 5.56 Å². The Morgan fingerprint density at radius 2 is 1.61 bits per heavy atom. The van der Waals surface area contributed by atoms with Crippen LogP contribution < -0.4 is 20.3 Å². The smallest absolute Gasteiger partial charge is 0.275 e. The van der Waals surface area contributed by atoms with Crippen molar-refractivity contribution < 1.29 is 14.3 Å². The molecule has 4 aromatic rings. The van der Waals surface area contributed by atoms with Crippen molar-refractivity contribution in [1.29, 1.82) is 0 Å². The molecule has 0 bridgehead atoms. The summed E-state index contributed by atoms with van der Waals surface area (Å²) in [6, 6.07) is 21.1. The minimum absolute atomic E-state index is 0.157. The van der Waals surface area contributed by atoms with Gasteiger partial charge in [-0.2, -0.15) is 5.10 Å². The molecule has 0 aliphatic rings. The number of hydrogen-bond acceptors (Lipinski definition) is 5. The SMILES string of the molecule is CCOc1ccc(CCNC(=O)Cn2nc(-c3ccc(C)cc3)c3ccccc3c2=O)cc1OCC. The molecule has 7 nitrogen and oxygen atoms in total. The van der Waals surface area contributed by atoms with E-state index in [2.05, 4.69) is 10.4 Å². The van der Waals surface area contributed by atoms with Gasteiger partial charge in [0, 0.05) is 17.5 Å². The van der Waals surface area contributed by atoms with Crippen LogP contribution in [0, 0.1) is 6.92 Å². The zero-order valence-electron chi connectivity index (χ0n) is 20.9. The van der Waals surface area contributed by atoms with Crippen LogP contribution in [-0.2, 0) is 17.8 Å². The molecule has 0 radical (unpaired) electrons. The number of ether oxygens (including phenoxy) is 2. The first-order chi connectivity index (χ1) is 17.5. The van der Waals surface area contributed by atoms with Gasteiger partial charge in [0.15, 0.2) is 11.5 Å². The van der Waals surface area contributed by atoms with Crippen LogP contribution in [0.15, 0.2) is 71.5 Å². The van der Waals surface area contributed by atoms with E-state index in [1.54, 1.807) is 6.07 Å². The van der Waals surface area contributed by atoms with Gasteiger partial charge in [-0.15, -0.1) is 0 Å². The van der Waals surface area contributed by atoms with Crippen LogP contribution in [-0.4, -0.2) is 35.4 Å². The van der Waals surface area contributed by atoms with E-state index in [0.717, 1.165) is 22.1 Å². The number of amides is 1. The van der Waals surface area contributed by atoms with E-state index in [-0.39, 0.29) is 18.0 Å². The summed E-state index contributed by atoms with van der Waals surface area (Å²) in [7, 11) is 0. The Bertz CT molecular complexity index is 1410. The van der Waals surface area contributed by atoms with Crippen LogP contribution in [0.1, 0.15) is 25.0 Å². The highest BCUT2D eigenvalue weighted by Crippen LogP contribution is 2.28. The number of carbonyl (C=O) groups excluding carboxylic acids is 1. The van der Waals surface area contributed by atoms with E-state index in [0.29, 0.717) is 48.8 Å². The predicted octanol–water partition coefficient (Wildman–Crippen LogP) is 4.53. The van der Waals surface area contributed by atoms with Crippen molar-refractivity contribution in [3.8, 4) is 22.8 Å². The third-order valence-corrected chi connectivity index (χ3v) is 5.83. The maximum atomic E-state index is 13.1. The molecule has 0 fully saturated rings. The fourth-order valence-corrected chi connectivity index (χ4v) is 4.06. The Kier molecular flexibility index (Phi) is 8.00. The first-order valence-corrected chi connectivity index (χ1v) is 12.2. The Hall–Kier alpha value is -4.13. The van der Waals surface area contributed by atoms with Crippen LogP contribution in [0.25, 0.3) is 22.0 Å². The van der Waals surface area contributed by atoms with Gasteiger partial charge in [0.05, 0.1) is 24.3 Å². The van der Waals surface area contributed by atoms with Crippen molar-refractivity contribution in [2.75, 3.05) is 19.8 Å². The van der Waals surface area contributed by atoms with Crippen molar-refractivity contribution in [3.05, 3.63) is 88.2 Å². The second-order valence-corrected chi connectivity index (χ2v) is 8.47. The molecule has 1 amide bonds. The molecule has 0 saturated heterocycles. The summed E-state index contributed by atoms with van der Waals surface area (Å²) in [5, 5.41) is 8.78. The number of rotatable bonds is 10. The number of nitrogens with zero attached hydrogens (tertiary/aromatic N) is 2. The zero-order valence-corrected chi connectivity index (χ0v) is 20.9. The molecular weight excluding hydrogens is 454 g/mol. The average molecular weight is 486 g/mol. The minimum Gasteiger partial charge on any atom is -0.490 e. The lowest BCUT2D eigenvalue weighted by molar-refractivity contribution is -0.121. The lowest BCUT2D eigenvalue weighted by Gasteiger charge is -2.13. The zero-order chi connectivity index (χ0) is 25.5. The average Bonchev–Trinajstić information content (AvgIpc) is 2.88. The Labute approximate surface area is 210 Å². The second-order valence-electron chi connectivity index (χ2n) is 8.47. The maximum Gasteiger partial charge on any atom is 0.275 e. The summed E-state index contributed by atoms with van der Waals surface area (Å²) in [5.74, 6) is 1.13. The largest absolute Gasteiger partial charge is 0.490 e. The van der Waals surface area contributed by atoms with E-state index >= 15 is 0 Å². The quantitative estimate of drug-likeness (QED) is 0.357. The lowest BCUT2D eigenvalue weighted by atomic mass is 10.0. The third-order valence-electron chi connectivity index (χ3n) is 5.83. The van der Waals surface area contributed by atoms with Gasteiger partial charge >= 0.3 is 0 Å². The van der Waals surface area contributed by atoms with E-state index in [9.17, 15) is 9.59 Å². The van der Waals surface area contributed by atoms with Gasteiger partial charge in [-0.3, -0.25) is 9.59 Å². The molecular formula is C29H31N3O4. The summed E-state index contributed by atoms with van der Waals surface area (Å²) in [6.45, 7) is 7.24. The highest BCUT2D eigenvalue weighted by Gasteiger charge is 2.14. The molecule has 0 unspecified atom stereocenters. The third kappa shape index (κ3) is 5.74. The predicted molar refractivity (Wildman–Crippen MR) is 142 cm³/mol. The molecule has 4 rings (SSSR count). The molecule has 0 atom stereocenters. The van der Waals surface area contributed by atoms with Crippen LogP contribution in [0.2, 0.25) is 0 Å². The van der Waals surface area contributed by atoms with E-state index < -0.39 is 0 Å². The van der Waals surface area contributed by atoms with Gasteiger partial charge in [0.1, 0.15) is 6.54 Å². The first kappa shape index (κ1) is 25.0. The normalized spacial score (nSPS) is 10.9. The minimum atomic E-state index is -0.288. The first-order valence-electron chi connectivity index (χ1n) is 12.2. The topological polar surface area (TPSA) is 82.5 Å². The standard InChI is InChI=1S/C29H31N3O4/c1-4-35-25-15-12-21(18-26(25)36-5-2)16-17-30-27(33)19-32-29(34)24-9-7-6-8-23(24)28(31-32)22-13-10-20(3)11-14-22/h6-15,18H,4-5,16-17,19H2,1-3H3,(H,30,33). The van der Waals surface area contributed by atoms with Gasteiger partial charge in [-0.05, 0) is 51.0 Å². The van der Waals surface area contributed by atoms with Crippen LogP contribution >= 0.6 is 0 Å². The van der Waals surface area contributed by atoms with Crippen molar-refractivity contribution in [2.24, 2.45) is 0 Å². The molecule has 1 aromatic heterocycles. The monoisotopic (exact) mass is 485 g/mol. The van der Waals surface area contributed by atoms with Crippen molar-refractivity contribution >= 4 is 16.7 Å². The van der Waals surface area contributed by atoms with Gasteiger partial charge < -0.3 is 14.8 Å². The van der Waals surface area contributed by atoms with Crippen molar-refractivity contribution in [1.82, 2.24) is 15.1 Å². The molecule has 186 valence electrons.